The van der Waals surface area contributed by atoms with Crippen molar-refractivity contribution in [3.8, 4) is 0 Å². The van der Waals surface area contributed by atoms with E-state index in [1.165, 1.54) is 26.2 Å². The summed E-state index contributed by atoms with van der Waals surface area (Å²) in [7, 11) is 1.21. The van der Waals surface area contributed by atoms with E-state index in [-0.39, 0.29) is 16.8 Å². The maximum Gasteiger partial charge on any atom is 0.412 e. The molecule has 0 radical (unpaired) electrons. The van der Waals surface area contributed by atoms with Gasteiger partial charge in [-0.05, 0) is 39.8 Å². The van der Waals surface area contributed by atoms with Gasteiger partial charge in [0, 0.05) is 5.56 Å². The molecule has 0 heterocycles. The van der Waals surface area contributed by atoms with Crippen molar-refractivity contribution in [3.05, 3.63) is 29.1 Å². The van der Waals surface area contributed by atoms with Gasteiger partial charge in [-0.15, -0.1) is 0 Å². The molecule has 1 amide bonds. The third-order valence-electron chi connectivity index (χ3n) is 2.43. The number of hydrogen-bond acceptors (Lipinski definition) is 4. The van der Waals surface area contributed by atoms with Crippen LogP contribution in [0.2, 0.25) is 0 Å². The van der Waals surface area contributed by atoms with Crippen LogP contribution in [0.15, 0.2) is 12.1 Å². The zero-order chi connectivity index (χ0) is 15.5. The molecule has 0 aliphatic heterocycles. The van der Waals surface area contributed by atoms with Gasteiger partial charge in [0.1, 0.15) is 5.60 Å². The molecule has 0 fully saturated rings. The van der Waals surface area contributed by atoms with Crippen molar-refractivity contribution in [1.82, 2.24) is 0 Å². The van der Waals surface area contributed by atoms with Crippen molar-refractivity contribution in [1.29, 1.82) is 0 Å². The number of ether oxygens (including phenoxy) is 2. The maximum atomic E-state index is 14.1. The summed E-state index contributed by atoms with van der Waals surface area (Å²) in [5, 5.41) is 2.30. The van der Waals surface area contributed by atoms with Crippen LogP contribution in [0.25, 0.3) is 0 Å². The summed E-state index contributed by atoms with van der Waals surface area (Å²) in [6.07, 6.45) is -0.762. The molecule has 0 spiro atoms. The lowest BCUT2D eigenvalue weighted by atomic mass is 10.1. The largest absolute Gasteiger partial charge is 0.465 e. The van der Waals surface area contributed by atoms with Crippen LogP contribution >= 0.6 is 0 Å². The summed E-state index contributed by atoms with van der Waals surface area (Å²) >= 11 is 0. The van der Waals surface area contributed by atoms with Crippen LogP contribution in [0, 0.1) is 12.7 Å². The predicted octanol–water partition coefficient (Wildman–Crippen LogP) is 3.27. The highest BCUT2D eigenvalue weighted by molar-refractivity contribution is 5.93. The Bertz CT molecular complexity index is 535. The molecule has 6 heteroatoms. The lowest BCUT2D eigenvalue weighted by Gasteiger charge is -2.20. The summed E-state index contributed by atoms with van der Waals surface area (Å²) < 4.78 is 23.6. The van der Waals surface area contributed by atoms with E-state index in [0.29, 0.717) is 0 Å². The molecule has 20 heavy (non-hydrogen) atoms. The fourth-order valence-electron chi connectivity index (χ4n) is 1.53. The fraction of sp³-hybridized carbons (Fsp3) is 0.429. The van der Waals surface area contributed by atoms with Gasteiger partial charge in [0.25, 0.3) is 0 Å². The van der Waals surface area contributed by atoms with E-state index in [2.05, 4.69) is 10.1 Å². The number of esters is 1. The first-order chi connectivity index (χ1) is 9.15. The first kappa shape index (κ1) is 15.9. The number of halogens is 1. The number of amides is 1. The highest BCUT2D eigenvalue weighted by atomic mass is 19.1. The van der Waals surface area contributed by atoms with Crippen LogP contribution < -0.4 is 5.32 Å². The lowest BCUT2D eigenvalue weighted by molar-refractivity contribution is 0.0597. The molecule has 1 aromatic rings. The second-order valence-corrected chi connectivity index (χ2v) is 5.22. The number of anilines is 1. The molecule has 5 nitrogen and oxygen atoms in total. The van der Waals surface area contributed by atoms with Gasteiger partial charge >= 0.3 is 12.1 Å². The average Bonchev–Trinajstić information content (AvgIpc) is 2.32. The first-order valence-electron chi connectivity index (χ1n) is 6.03. The molecule has 0 aliphatic carbocycles. The van der Waals surface area contributed by atoms with Crippen molar-refractivity contribution in [2.24, 2.45) is 0 Å². The Labute approximate surface area is 117 Å². The number of carbonyl (C=O) groups is 2. The van der Waals surface area contributed by atoms with Crippen molar-refractivity contribution < 1.29 is 23.5 Å². The number of methoxy groups -OCH3 is 1. The standard InChI is InChI=1S/C14H18FNO4/c1-8-9(12(17)19-5)6-7-10(11(8)15)16-13(18)20-14(2,3)4/h6-7H,1-5H3,(H,16,18). The summed E-state index contributed by atoms with van der Waals surface area (Å²) in [4.78, 5) is 23.0. The van der Waals surface area contributed by atoms with E-state index in [4.69, 9.17) is 4.74 Å². The Morgan fingerprint density at radius 1 is 1.25 bits per heavy atom. The number of hydrogen-bond donors (Lipinski definition) is 1. The molecule has 0 saturated carbocycles. The van der Waals surface area contributed by atoms with Crippen molar-refractivity contribution in [2.45, 2.75) is 33.3 Å². The maximum absolute atomic E-state index is 14.1. The van der Waals surface area contributed by atoms with Gasteiger partial charge in [-0.2, -0.15) is 0 Å². The van der Waals surface area contributed by atoms with Crippen LogP contribution in [0.1, 0.15) is 36.7 Å². The molecular weight excluding hydrogens is 265 g/mol. The van der Waals surface area contributed by atoms with Crippen LogP contribution in [0.4, 0.5) is 14.9 Å². The Kier molecular flexibility index (Phi) is 4.70. The third-order valence-corrected chi connectivity index (χ3v) is 2.43. The topological polar surface area (TPSA) is 64.6 Å². The molecule has 0 bridgehead atoms. The van der Waals surface area contributed by atoms with E-state index < -0.39 is 23.5 Å². The van der Waals surface area contributed by atoms with Crippen LogP contribution in [-0.4, -0.2) is 24.8 Å². The number of rotatable bonds is 2. The summed E-state index contributed by atoms with van der Waals surface area (Å²) in [5.74, 6) is -1.33. The van der Waals surface area contributed by atoms with Gasteiger partial charge in [0.2, 0.25) is 0 Å². The van der Waals surface area contributed by atoms with Gasteiger partial charge in [0.05, 0.1) is 18.4 Å². The van der Waals surface area contributed by atoms with E-state index in [9.17, 15) is 14.0 Å². The van der Waals surface area contributed by atoms with Gasteiger partial charge in [-0.1, -0.05) is 0 Å². The van der Waals surface area contributed by atoms with Gasteiger partial charge in [-0.25, -0.2) is 14.0 Å². The molecule has 1 rings (SSSR count). The molecule has 0 atom stereocenters. The van der Waals surface area contributed by atoms with E-state index in [0.717, 1.165) is 0 Å². The first-order valence-corrected chi connectivity index (χ1v) is 6.03. The van der Waals surface area contributed by atoms with Crippen molar-refractivity contribution >= 4 is 17.7 Å². The minimum atomic E-state index is -0.762. The molecule has 110 valence electrons. The molecule has 1 N–H and O–H groups in total. The Balaban J connectivity index is 2.97. The highest BCUT2D eigenvalue weighted by Gasteiger charge is 2.20. The van der Waals surface area contributed by atoms with Crippen LogP contribution in [0.5, 0.6) is 0 Å². The van der Waals surface area contributed by atoms with Crippen LogP contribution in [-0.2, 0) is 9.47 Å². The summed E-state index contributed by atoms with van der Waals surface area (Å²) in [6, 6.07) is 2.68. The predicted molar refractivity (Wildman–Crippen MR) is 72.3 cm³/mol. The monoisotopic (exact) mass is 283 g/mol. The molecule has 0 saturated heterocycles. The normalized spacial score (nSPS) is 10.9. The number of benzene rings is 1. The molecular formula is C14H18FNO4. The SMILES string of the molecule is COC(=O)c1ccc(NC(=O)OC(C)(C)C)c(F)c1C. The Morgan fingerprint density at radius 2 is 1.85 bits per heavy atom. The highest BCUT2D eigenvalue weighted by Crippen LogP contribution is 2.22. The molecule has 0 aliphatic rings. The summed E-state index contributed by atoms with van der Waals surface area (Å²) in [5.41, 5.74) is -0.517. The Morgan fingerprint density at radius 3 is 2.35 bits per heavy atom. The zero-order valence-electron chi connectivity index (χ0n) is 12.2. The van der Waals surface area contributed by atoms with Crippen LogP contribution in [0.3, 0.4) is 0 Å². The van der Waals surface area contributed by atoms with Gasteiger partial charge < -0.3 is 9.47 Å². The minimum Gasteiger partial charge on any atom is -0.465 e. The van der Waals surface area contributed by atoms with Crippen molar-refractivity contribution in [3.63, 3.8) is 0 Å². The van der Waals surface area contributed by atoms with E-state index in [1.807, 2.05) is 0 Å². The number of nitrogens with one attached hydrogen (secondary N) is 1. The second-order valence-electron chi connectivity index (χ2n) is 5.22. The molecule has 0 unspecified atom stereocenters. The smallest absolute Gasteiger partial charge is 0.412 e. The Hall–Kier alpha value is -2.11. The third kappa shape index (κ3) is 3.94. The fourth-order valence-corrected chi connectivity index (χ4v) is 1.53. The van der Waals surface area contributed by atoms with E-state index in [1.54, 1.807) is 20.8 Å². The molecule has 1 aromatic carbocycles. The average molecular weight is 283 g/mol. The van der Waals surface area contributed by atoms with E-state index >= 15 is 0 Å². The van der Waals surface area contributed by atoms with Crippen molar-refractivity contribution in [2.75, 3.05) is 12.4 Å². The van der Waals surface area contributed by atoms with Gasteiger partial charge in [0.15, 0.2) is 5.82 Å². The quantitative estimate of drug-likeness (QED) is 0.846. The summed E-state index contributed by atoms with van der Waals surface area (Å²) in [6.45, 7) is 6.54. The minimum absolute atomic E-state index is 0.0515. The number of carbonyl (C=O) groups excluding carboxylic acids is 2. The second kappa shape index (κ2) is 5.90. The molecule has 0 aromatic heterocycles. The van der Waals surface area contributed by atoms with Gasteiger partial charge in [-0.3, -0.25) is 5.32 Å². The lowest BCUT2D eigenvalue weighted by Crippen LogP contribution is -2.27. The zero-order valence-corrected chi connectivity index (χ0v) is 12.2.